The van der Waals surface area contributed by atoms with E-state index in [9.17, 15) is 14.4 Å². The lowest BCUT2D eigenvalue weighted by atomic mass is 10.1. The zero-order valence-electron chi connectivity index (χ0n) is 46.2. The van der Waals surface area contributed by atoms with Crippen LogP contribution in [0.15, 0.2) is 109 Å². The van der Waals surface area contributed by atoms with Crippen molar-refractivity contribution < 1.29 is 28.6 Å². The fourth-order valence-corrected chi connectivity index (χ4v) is 7.81. The molecular weight excluding hydrogens is 877 g/mol. The van der Waals surface area contributed by atoms with Crippen molar-refractivity contribution in [2.24, 2.45) is 0 Å². The molecule has 6 nitrogen and oxygen atoms in total. The molecule has 0 aliphatic heterocycles. The predicted octanol–water partition coefficient (Wildman–Crippen LogP) is 19.9. The second kappa shape index (κ2) is 58.6. The highest BCUT2D eigenvalue weighted by molar-refractivity contribution is 5.71. The zero-order chi connectivity index (χ0) is 51.4. The summed E-state index contributed by atoms with van der Waals surface area (Å²) in [6.07, 6.45) is 79.3. The van der Waals surface area contributed by atoms with Crippen LogP contribution in [0, 0.1) is 0 Å². The average molecular weight is 986 g/mol. The monoisotopic (exact) mass is 985 g/mol. The Hall–Kier alpha value is -3.93. The van der Waals surface area contributed by atoms with Crippen molar-refractivity contribution in [3.8, 4) is 0 Å². The number of rotatable bonds is 52. The third-order valence-electron chi connectivity index (χ3n) is 12.2. The summed E-state index contributed by atoms with van der Waals surface area (Å²) in [5, 5.41) is 0. The molecule has 1 unspecified atom stereocenters. The first-order valence-electron chi connectivity index (χ1n) is 29.4. The van der Waals surface area contributed by atoms with Crippen LogP contribution < -0.4 is 0 Å². The highest BCUT2D eigenvalue weighted by Gasteiger charge is 2.19. The molecular formula is C65H108O6. The van der Waals surface area contributed by atoms with Crippen LogP contribution in [0.4, 0.5) is 0 Å². The van der Waals surface area contributed by atoms with E-state index in [2.05, 4.69) is 130 Å². The van der Waals surface area contributed by atoms with E-state index in [0.29, 0.717) is 19.3 Å². The fraction of sp³-hybridized carbons (Fsp3) is 0.677. The summed E-state index contributed by atoms with van der Waals surface area (Å²) >= 11 is 0. The van der Waals surface area contributed by atoms with Gasteiger partial charge in [-0.1, -0.05) is 233 Å². The highest BCUT2D eigenvalue weighted by Crippen LogP contribution is 2.14. The summed E-state index contributed by atoms with van der Waals surface area (Å²) in [6, 6.07) is 0. The van der Waals surface area contributed by atoms with Gasteiger partial charge in [0.1, 0.15) is 13.2 Å². The maximum Gasteiger partial charge on any atom is 0.306 e. The van der Waals surface area contributed by atoms with Gasteiger partial charge in [-0.3, -0.25) is 14.4 Å². The fourth-order valence-electron chi connectivity index (χ4n) is 7.81. The van der Waals surface area contributed by atoms with Crippen LogP contribution in [0.2, 0.25) is 0 Å². The Kier molecular flexibility index (Phi) is 55.4. The first-order valence-corrected chi connectivity index (χ1v) is 29.4. The number of ether oxygens (including phenoxy) is 3. The van der Waals surface area contributed by atoms with E-state index in [1.54, 1.807) is 0 Å². The molecule has 0 aliphatic rings. The van der Waals surface area contributed by atoms with Gasteiger partial charge in [-0.25, -0.2) is 0 Å². The molecule has 0 bridgehead atoms. The lowest BCUT2D eigenvalue weighted by Gasteiger charge is -2.18. The number of allylic oxidation sites excluding steroid dienone is 18. The van der Waals surface area contributed by atoms with Crippen LogP contribution in [0.1, 0.15) is 265 Å². The third-order valence-corrected chi connectivity index (χ3v) is 12.2. The standard InChI is InChI=1S/C65H108O6/c1-4-7-10-13-16-19-22-25-28-29-30-31-32-33-34-35-36-37-38-41-43-46-49-52-55-58-64(67)70-61-62(71-65(68)59-56-53-50-47-44-40-27-24-21-18-15-12-9-6-3)60-69-63(66)57-54-51-48-45-42-39-26-23-20-17-14-11-8-5-2/h7,10,15-16,18-19,23-28,30-31,33-34,36-37,62H,4-6,8-9,11-14,17,20-22,29,32,35,38-61H2,1-3H3/b10-7-,18-15-,19-16-,26-23-,27-24-,28-25-,31-30-,34-33-,37-36-. The van der Waals surface area contributed by atoms with E-state index in [4.69, 9.17) is 14.2 Å². The van der Waals surface area contributed by atoms with E-state index < -0.39 is 6.10 Å². The van der Waals surface area contributed by atoms with Crippen molar-refractivity contribution in [1.82, 2.24) is 0 Å². The molecule has 0 aliphatic carbocycles. The normalized spacial score (nSPS) is 12.9. The van der Waals surface area contributed by atoms with Gasteiger partial charge in [0.15, 0.2) is 6.10 Å². The highest BCUT2D eigenvalue weighted by atomic mass is 16.6. The van der Waals surface area contributed by atoms with Crippen LogP contribution in [0.5, 0.6) is 0 Å². The van der Waals surface area contributed by atoms with Crippen molar-refractivity contribution in [2.75, 3.05) is 13.2 Å². The molecule has 0 aromatic rings. The minimum absolute atomic E-state index is 0.0938. The van der Waals surface area contributed by atoms with Gasteiger partial charge in [0.05, 0.1) is 0 Å². The topological polar surface area (TPSA) is 78.9 Å². The van der Waals surface area contributed by atoms with Crippen LogP contribution in [0.3, 0.4) is 0 Å². The Morgan fingerprint density at radius 3 is 0.915 bits per heavy atom. The molecule has 0 aromatic heterocycles. The second-order valence-corrected chi connectivity index (χ2v) is 19.2. The Balaban J connectivity index is 4.39. The zero-order valence-corrected chi connectivity index (χ0v) is 46.2. The van der Waals surface area contributed by atoms with Crippen LogP contribution in [0.25, 0.3) is 0 Å². The first-order chi connectivity index (χ1) is 35.0. The van der Waals surface area contributed by atoms with Crippen molar-refractivity contribution in [3.63, 3.8) is 0 Å². The minimum Gasteiger partial charge on any atom is -0.462 e. The number of hydrogen-bond acceptors (Lipinski definition) is 6. The van der Waals surface area contributed by atoms with Gasteiger partial charge in [-0.05, 0) is 122 Å². The van der Waals surface area contributed by atoms with Crippen LogP contribution >= 0.6 is 0 Å². The summed E-state index contributed by atoms with van der Waals surface area (Å²) in [5.74, 6) is -0.930. The van der Waals surface area contributed by atoms with Crippen molar-refractivity contribution >= 4 is 17.9 Å². The molecule has 0 saturated heterocycles. The summed E-state index contributed by atoms with van der Waals surface area (Å²) in [6.45, 7) is 6.45. The number of carbonyl (C=O) groups is 3. The minimum atomic E-state index is -0.797. The average Bonchev–Trinajstić information content (AvgIpc) is 3.37. The summed E-state index contributed by atoms with van der Waals surface area (Å²) < 4.78 is 16.8. The number of esters is 3. The Morgan fingerprint density at radius 1 is 0.296 bits per heavy atom. The third kappa shape index (κ3) is 56.9. The van der Waals surface area contributed by atoms with Crippen molar-refractivity contribution in [3.05, 3.63) is 109 Å². The molecule has 0 heterocycles. The van der Waals surface area contributed by atoms with Gasteiger partial charge in [-0.2, -0.15) is 0 Å². The van der Waals surface area contributed by atoms with Crippen molar-refractivity contribution in [1.29, 1.82) is 0 Å². The molecule has 71 heavy (non-hydrogen) atoms. The predicted molar refractivity (Wildman–Crippen MR) is 307 cm³/mol. The molecule has 404 valence electrons. The molecule has 0 rings (SSSR count). The number of unbranched alkanes of at least 4 members (excludes halogenated alkanes) is 23. The van der Waals surface area contributed by atoms with E-state index in [1.165, 1.54) is 83.5 Å². The SMILES string of the molecule is CC/C=C\C/C=C\C/C=C\C/C=C\C/C=C\C/C=C\CCCCCCCCC(=O)OCC(COC(=O)CCCCCCC/C=C\CCCCCCC)OC(=O)CCCCCCC/C=C\C/C=C\CCCC. The number of hydrogen-bond donors (Lipinski definition) is 0. The molecule has 0 fully saturated rings. The molecule has 0 N–H and O–H groups in total. The van der Waals surface area contributed by atoms with E-state index >= 15 is 0 Å². The maximum atomic E-state index is 12.8. The lowest BCUT2D eigenvalue weighted by Crippen LogP contribution is -2.30. The number of carbonyl (C=O) groups excluding carboxylic acids is 3. The van der Waals surface area contributed by atoms with Crippen molar-refractivity contribution in [2.45, 2.75) is 271 Å². The smallest absolute Gasteiger partial charge is 0.306 e. The maximum absolute atomic E-state index is 12.8. The van der Waals surface area contributed by atoms with E-state index in [0.717, 1.165) is 141 Å². The van der Waals surface area contributed by atoms with Gasteiger partial charge in [-0.15, -0.1) is 0 Å². The summed E-state index contributed by atoms with van der Waals surface area (Å²) in [4.78, 5) is 38.2. The van der Waals surface area contributed by atoms with E-state index in [-0.39, 0.29) is 31.1 Å². The van der Waals surface area contributed by atoms with Crippen LogP contribution in [-0.2, 0) is 28.6 Å². The van der Waals surface area contributed by atoms with Gasteiger partial charge in [0.2, 0.25) is 0 Å². The summed E-state index contributed by atoms with van der Waals surface area (Å²) in [7, 11) is 0. The Morgan fingerprint density at radius 2 is 0.563 bits per heavy atom. The molecule has 0 saturated carbocycles. The van der Waals surface area contributed by atoms with Crippen LogP contribution in [-0.4, -0.2) is 37.2 Å². The Labute approximate surface area is 438 Å². The molecule has 1 atom stereocenters. The molecule has 0 radical (unpaired) electrons. The Bertz CT molecular complexity index is 1460. The molecule has 0 amide bonds. The second-order valence-electron chi connectivity index (χ2n) is 19.2. The van der Waals surface area contributed by atoms with Gasteiger partial charge in [0, 0.05) is 19.3 Å². The molecule has 6 heteroatoms. The van der Waals surface area contributed by atoms with E-state index in [1.807, 2.05) is 0 Å². The quantitative estimate of drug-likeness (QED) is 0.0261. The summed E-state index contributed by atoms with van der Waals surface area (Å²) in [5.41, 5.74) is 0. The first kappa shape index (κ1) is 67.1. The molecule has 0 spiro atoms. The van der Waals surface area contributed by atoms with Gasteiger partial charge >= 0.3 is 17.9 Å². The largest absolute Gasteiger partial charge is 0.462 e. The van der Waals surface area contributed by atoms with Gasteiger partial charge in [0.25, 0.3) is 0 Å². The molecule has 0 aromatic carbocycles. The lowest BCUT2D eigenvalue weighted by molar-refractivity contribution is -0.167. The van der Waals surface area contributed by atoms with Gasteiger partial charge < -0.3 is 14.2 Å².